The minimum atomic E-state index is -4.17. The molecule has 1 fully saturated rings. The van der Waals surface area contributed by atoms with Crippen molar-refractivity contribution >= 4 is 39.3 Å². The van der Waals surface area contributed by atoms with Gasteiger partial charge in [0.05, 0.1) is 12.4 Å². The standard InChI is InChI=1S/C35H42N2O6S/c1-35(2,3)29-15-13-27(14-16-29)32(23-25-9-11-28(12-10-25)33(38)36-21-22-44(40,41)42)34(39)37-30-17-19-31(20-18-30)43-24-26-7-5-4-6-8-26/h9-20,23,26H,4-8,21-22,24H2,1-3H3,(H,36,38)(H,37,39)(H,40,41,42)/b32-23-. The van der Waals surface area contributed by atoms with Crippen LogP contribution >= 0.6 is 0 Å². The maximum Gasteiger partial charge on any atom is 0.266 e. The van der Waals surface area contributed by atoms with Crippen molar-refractivity contribution in [2.75, 3.05) is 24.2 Å². The van der Waals surface area contributed by atoms with Crippen LogP contribution in [-0.4, -0.2) is 43.7 Å². The SMILES string of the molecule is CC(C)(C)c1ccc(/C(=C/c2ccc(C(=O)NCCS(=O)(=O)O)cc2)C(=O)Nc2ccc(OCC3CCCCC3)cc2)cc1. The molecular weight excluding hydrogens is 576 g/mol. The smallest absolute Gasteiger partial charge is 0.266 e. The van der Waals surface area contributed by atoms with Gasteiger partial charge in [0.2, 0.25) is 0 Å². The van der Waals surface area contributed by atoms with Crippen LogP contribution in [0, 0.1) is 5.92 Å². The van der Waals surface area contributed by atoms with Crippen LogP contribution in [0.2, 0.25) is 0 Å². The number of carbonyl (C=O) groups is 2. The van der Waals surface area contributed by atoms with Crippen molar-refractivity contribution in [2.24, 2.45) is 5.92 Å². The lowest BCUT2D eigenvalue weighted by Gasteiger charge is -2.21. The van der Waals surface area contributed by atoms with Crippen molar-refractivity contribution in [2.45, 2.75) is 58.3 Å². The number of carbonyl (C=O) groups excluding carboxylic acids is 2. The number of hydrogen-bond donors (Lipinski definition) is 3. The van der Waals surface area contributed by atoms with Crippen LogP contribution in [0.3, 0.4) is 0 Å². The van der Waals surface area contributed by atoms with Gasteiger partial charge in [0.15, 0.2) is 0 Å². The highest BCUT2D eigenvalue weighted by Crippen LogP contribution is 2.28. The lowest BCUT2D eigenvalue weighted by Crippen LogP contribution is -2.28. The number of nitrogens with one attached hydrogen (secondary N) is 2. The zero-order valence-electron chi connectivity index (χ0n) is 25.6. The van der Waals surface area contributed by atoms with Gasteiger partial charge in [-0.15, -0.1) is 0 Å². The van der Waals surface area contributed by atoms with E-state index >= 15 is 0 Å². The van der Waals surface area contributed by atoms with Gasteiger partial charge in [-0.05, 0) is 83.3 Å². The minimum Gasteiger partial charge on any atom is -0.493 e. The molecule has 9 heteroatoms. The first-order valence-corrected chi connectivity index (χ1v) is 16.7. The highest BCUT2D eigenvalue weighted by molar-refractivity contribution is 7.85. The van der Waals surface area contributed by atoms with Crippen LogP contribution in [0.5, 0.6) is 5.75 Å². The Bertz CT molecular complexity index is 1550. The molecule has 4 rings (SSSR count). The summed E-state index contributed by atoms with van der Waals surface area (Å²) in [6.45, 7) is 6.91. The summed E-state index contributed by atoms with van der Waals surface area (Å²) in [6, 6.07) is 22.0. The second kappa shape index (κ2) is 14.7. The summed E-state index contributed by atoms with van der Waals surface area (Å²) in [5, 5.41) is 5.47. The maximum absolute atomic E-state index is 13.6. The summed E-state index contributed by atoms with van der Waals surface area (Å²) in [6.07, 6.45) is 8.05. The summed E-state index contributed by atoms with van der Waals surface area (Å²) in [5.41, 5.74) is 3.98. The molecule has 3 N–H and O–H groups in total. The van der Waals surface area contributed by atoms with Gasteiger partial charge in [-0.3, -0.25) is 14.1 Å². The summed E-state index contributed by atoms with van der Waals surface area (Å²) in [4.78, 5) is 26.0. The number of amides is 2. The first kappa shape index (κ1) is 33.0. The molecule has 2 amide bonds. The quantitative estimate of drug-likeness (QED) is 0.124. The van der Waals surface area contributed by atoms with Gasteiger partial charge in [0, 0.05) is 23.4 Å². The molecule has 1 aliphatic carbocycles. The van der Waals surface area contributed by atoms with Crippen molar-refractivity contribution in [1.29, 1.82) is 0 Å². The van der Waals surface area contributed by atoms with E-state index in [9.17, 15) is 18.0 Å². The van der Waals surface area contributed by atoms with Crippen LogP contribution < -0.4 is 15.4 Å². The Morgan fingerprint density at radius 2 is 1.50 bits per heavy atom. The fourth-order valence-electron chi connectivity index (χ4n) is 5.12. The third-order valence-electron chi connectivity index (χ3n) is 7.76. The summed E-state index contributed by atoms with van der Waals surface area (Å²) < 4.78 is 36.7. The summed E-state index contributed by atoms with van der Waals surface area (Å²) >= 11 is 0. The zero-order valence-corrected chi connectivity index (χ0v) is 26.5. The molecule has 8 nitrogen and oxygen atoms in total. The van der Waals surface area contributed by atoms with E-state index < -0.39 is 21.8 Å². The largest absolute Gasteiger partial charge is 0.493 e. The summed E-state index contributed by atoms with van der Waals surface area (Å²) in [7, 11) is -4.17. The third kappa shape index (κ3) is 10.1. The average molecular weight is 619 g/mol. The van der Waals surface area contributed by atoms with Crippen LogP contribution in [0.4, 0.5) is 5.69 Å². The molecule has 0 aromatic heterocycles. The van der Waals surface area contributed by atoms with E-state index in [2.05, 4.69) is 31.4 Å². The van der Waals surface area contributed by atoms with Crippen LogP contribution in [0.15, 0.2) is 72.8 Å². The Morgan fingerprint density at radius 1 is 0.886 bits per heavy atom. The Morgan fingerprint density at radius 3 is 2.09 bits per heavy atom. The van der Waals surface area contributed by atoms with E-state index in [1.54, 1.807) is 30.3 Å². The van der Waals surface area contributed by atoms with Gasteiger partial charge >= 0.3 is 0 Å². The Balaban J connectivity index is 1.50. The van der Waals surface area contributed by atoms with Crippen molar-refractivity contribution < 1.29 is 27.3 Å². The van der Waals surface area contributed by atoms with Gasteiger partial charge in [-0.1, -0.05) is 76.4 Å². The fourth-order valence-corrected chi connectivity index (χ4v) is 5.48. The number of rotatable bonds is 11. The molecule has 0 radical (unpaired) electrons. The van der Waals surface area contributed by atoms with Crippen LogP contribution in [0.25, 0.3) is 11.6 Å². The van der Waals surface area contributed by atoms with Crippen molar-refractivity contribution in [3.63, 3.8) is 0 Å². The topological polar surface area (TPSA) is 122 Å². The second-order valence-corrected chi connectivity index (χ2v) is 13.9. The molecule has 3 aromatic rings. The molecule has 0 bridgehead atoms. The summed E-state index contributed by atoms with van der Waals surface area (Å²) in [5.74, 6) is 0.0724. The normalized spacial score (nSPS) is 14.6. The average Bonchev–Trinajstić information content (AvgIpc) is 2.99. The van der Waals surface area contributed by atoms with E-state index in [0.717, 1.165) is 16.9 Å². The van der Waals surface area contributed by atoms with Crippen molar-refractivity contribution in [1.82, 2.24) is 5.32 Å². The lowest BCUT2D eigenvalue weighted by molar-refractivity contribution is -0.111. The highest BCUT2D eigenvalue weighted by Gasteiger charge is 2.18. The molecule has 0 aliphatic heterocycles. The number of hydrogen-bond acceptors (Lipinski definition) is 5. The predicted octanol–water partition coefficient (Wildman–Crippen LogP) is 6.74. The first-order valence-electron chi connectivity index (χ1n) is 15.1. The second-order valence-electron chi connectivity index (χ2n) is 12.3. The van der Waals surface area contributed by atoms with E-state index in [4.69, 9.17) is 9.29 Å². The highest BCUT2D eigenvalue weighted by atomic mass is 32.2. The van der Waals surface area contributed by atoms with Crippen LogP contribution in [-0.2, 0) is 20.3 Å². The van der Waals surface area contributed by atoms with E-state index in [-0.39, 0.29) is 17.9 Å². The molecule has 1 saturated carbocycles. The van der Waals surface area contributed by atoms with Gasteiger partial charge in [0.1, 0.15) is 5.75 Å². The van der Waals surface area contributed by atoms with Crippen molar-refractivity contribution in [3.8, 4) is 5.75 Å². The molecule has 3 aromatic carbocycles. The van der Waals surface area contributed by atoms with Gasteiger partial charge < -0.3 is 15.4 Å². The minimum absolute atomic E-state index is 0.0385. The lowest BCUT2D eigenvalue weighted by atomic mass is 9.86. The number of anilines is 1. The molecule has 0 unspecified atom stereocenters. The monoisotopic (exact) mass is 618 g/mol. The molecular formula is C35H42N2O6S. The van der Waals surface area contributed by atoms with Crippen LogP contribution in [0.1, 0.15) is 79.9 Å². The Labute approximate surface area is 260 Å². The first-order chi connectivity index (χ1) is 20.9. The molecule has 0 spiro atoms. The van der Waals surface area contributed by atoms with Gasteiger partial charge in [-0.2, -0.15) is 8.42 Å². The van der Waals surface area contributed by atoms with E-state index in [1.807, 2.05) is 48.5 Å². The predicted molar refractivity (Wildman–Crippen MR) is 175 cm³/mol. The zero-order chi connectivity index (χ0) is 31.7. The molecule has 0 heterocycles. The fraction of sp³-hybridized carbons (Fsp3) is 0.371. The van der Waals surface area contributed by atoms with E-state index in [1.165, 1.54) is 32.1 Å². The van der Waals surface area contributed by atoms with Gasteiger partial charge in [-0.25, -0.2) is 0 Å². The molecule has 0 atom stereocenters. The number of ether oxygens (including phenoxy) is 1. The molecule has 0 saturated heterocycles. The van der Waals surface area contributed by atoms with Gasteiger partial charge in [0.25, 0.3) is 21.9 Å². The van der Waals surface area contributed by atoms with E-state index in [0.29, 0.717) is 34.9 Å². The maximum atomic E-state index is 13.6. The van der Waals surface area contributed by atoms with Crippen molar-refractivity contribution in [3.05, 3.63) is 95.1 Å². The number of benzene rings is 3. The third-order valence-corrected chi connectivity index (χ3v) is 8.48. The molecule has 234 valence electrons. The molecule has 44 heavy (non-hydrogen) atoms. The Kier molecular flexibility index (Phi) is 11.0. The molecule has 1 aliphatic rings. The Hall–Kier alpha value is -3.95.